The summed E-state index contributed by atoms with van der Waals surface area (Å²) in [5.74, 6) is -0.174. The van der Waals surface area contributed by atoms with Crippen molar-refractivity contribution in [1.82, 2.24) is 15.5 Å². The van der Waals surface area contributed by atoms with Crippen LogP contribution in [-0.2, 0) is 4.79 Å². The number of benzene rings is 1. The molecule has 1 unspecified atom stereocenters. The van der Waals surface area contributed by atoms with Crippen LogP contribution in [0.4, 0.5) is 0 Å². The van der Waals surface area contributed by atoms with Gasteiger partial charge < -0.3 is 15.5 Å². The summed E-state index contributed by atoms with van der Waals surface area (Å²) in [5, 5.41) is 5.96. The molecule has 0 spiro atoms. The predicted molar refractivity (Wildman–Crippen MR) is 77.6 cm³/mol. The molecule has 2 N–H and O–H groups in total. The highest BCUT2D eigenvalue weighted by atomic mass is 16.2. The molecule has 5 nitrogen and oxygen atoms in total. The molecule has 2 rings (SSSR count). The number of amides is 2. The number of hydrogen-bond donors (Lipinski definition) is 2. The molecule has 1 fully saturated rings. The average Bonchev–Trinajstić information content (AvgIpc) is 2.47. The Kier molecular flexibility index (Phi) is 4.74. The molecule has 1 aromatic rings. The van der Waals surface area contributed by atoms with Crippen LogP contribution >= 0.6 is 0 Å². The third kappa shape index (κ3) is 3.17. The van der Waals surface area contributed by atoms with E-state index >= 15 is 0 Å². The van der Waals surface area contributed by atoms with Crippen molar-refractivity contribution < 1.29 is 9.59 Å². The van der Waals surface area contributed by atoms with Gasteiger partial charge in [0.25, 0.3) is 5.91 Å². The fourth-order valence-corrected chi connectivity index (χ4v) is 2.42. The number of nitrogens with zero attached hydrogens (tertiary/aromatic N) is 1. The minimum absolute atomic E-state index is 0.0774. The lowest BCUT2D eigenvalue weighted by atomic mass is 10.1. The van der Waals surface area contributed by atoms with E-state index in [1.807, 2.05) is 32.0 Å². The van der Waals surface area contributed by atoms with E-state index in [0.29, 0.717) is 31.7 Å². The Morgan fingerprint density at radius 2 is 2.25 bits per heavy atom. The van der Waals surface area contributed by atoms with Gasteiger partial charge in [-0.3, -0.25) is 9.59 Å². The number of aryl methyl sites for hydroxylation is 1. The average molecular weight is 275 g/mol. The minimum Gasteiger partial charge on any atom is -0.355 e. The molecule has 1 heterocycles. The van der Waals surface area contributed by atoms with Gasteiger partial charge in [0.15, 0.2) is 0 Å². The maximum absolute atomic E-state index is 12.6. The summed E-state index contributed by atoms with van der Waals surface area (Å²) >= 11 is 0. The van der Waals surface area contributed by atoms with Crippen molar-refractivity contribution in [2.45, 2.75) is 19.9 Å². The molecule has 1 aromatic carbocycles. The van der Waals surface area contributed by atoms with Crippen LogP contribution in [0.15, 0.2) is 24.3 Å². The first kappa shape index (κ1) is 14.5. The zero-order valence-corrected chi connectivity index (χ0v) is 12.0. The van der Waals surface area contributed by atoms with Gasteiger partial charge in [0.2, 0.25) is 5.91 Å². The van der Waals surface area contributed by atoms with Crippen LogP contribution in [0, 0.1) is 6.92 Å². The molecular formula is C15H21N3O2. The number of likely N-dealkylation sites (N-methyl/N-ethyl adjacent to an activating group) is 1. The minimum atomic E-state index is -0.434. The van der Waals surface area contributed by atoms with Gasteiger partial charge >= 0.3 is 0 Å². The summed E-state index contributed by atoms with van der Waals surface area (Å²) < 4.78 is 0. The maximum Gasteiger partial charge on any atom is 0.254 e. The fourth-order valence-electron chi connectivity index (χ4n) is 2.42. The summed E-state index contributed by atoms with van der Waals surface area (Å²) in [6.45, 7) is 6.17. The van der Waals surface area contributed by atoms with Crippen LogP contribution < -0.4 is 10.6 Å². The van der Waals surface area contributed by atoms with E-state index < -0.39 is 6.04 Å². The van der Waals surface area contributed by atoms with Gasteiger partial charge in [-0.05, 0) is 26.0 Å². The Morgan fingerprint density at radius 3 is 2.95 bits per heavy atom. The molecule has 1 saturated heterocycles. The standard InChI is InChI=1S/C15H21N3O2/c1-3-17-14(19)13-10-16-7-8-18(13)15(20)12-6-4-5-11(2)9-12/h4-6,9,13,16H,3,7-8,10H2,1-2H3,(H,17,19). The van der Waals surface area contributed by atoms with Crippen molar-refractivity contribution in [2.75, 3.05) is 26.2 Å². The first-order valence-electron chi connectivity index (χ1n) is 6.99. The molecule has 0 bridgehead atoms. The van der Waals surface area contributed by atoms with Crippen molar-refractivity contribution >= 4 is 11.8 Å². The number of piperazine rings is 1. The number of rotatable bonds is 3. The van der Waals surface area contributed by atoms with Crippen LogP contribution in [0.2, 0.25) is 0 Å². The van der Waals surface area contributed by atoms with Crippen LogP contribution in [0.3, 0.4) is 0 Å². The SMILES string of the molecule is CCNC(=O)C1CNCCN1C(=O)c1cccc(C)c1. The molecule has 1 aliphatic rings. The largest absolute Gasteiger partial charge is 0.355 e. The topological polar surface area (TPSA) is 61.4 Å². The normalized spacial score (nSPS) is 18.7. The highest BCUT2D eigenvalue weighted by Gasteiger charge is 2.32. The van der Waals surface area contributed by atoms with Crippen molar-refractivity contribution in [3.05, 3.63) is 35.4 Å². The van der Waals surface area contributed by atoms with Crippen molar-refractivity contribution in [3.63, 3.8) is 0 Å². The molecule has 5 heteroatoms. The van der Waals surface area contributed by atoms with Gasteiger partial charge in [0, 0.05) is 31.7 Å². The Morgan fingerprint density at radius 1 is 1.45 bits per heavy atom. The van der Waals surface area contributed by atoms with E-state index in [0.717, 1.165) is 5.56 Å². The second kappa shape index (κ2) is 6.52. The van der Waals surface area contributed by atoms with Gasteiger partial charge in [-0.25, -0.2) is 0 Å². The third-order valence-corrected chi connectivity index (χ3v) is 3.42. The fraction of sp³-hybridized carbons (Fsp3) is 0.467. The highest BCUT2D eigenvalue weighted by molar-refractivity contribution is 5.98. The molecule has 2 amide bonds. The van der Waals surface area contributed by atoms with Gasteiger partial charge in [-0.15, -0.1) is 0 Å². The zero-order chi connectivity index (χ0) is 14.5. The highest BCUT2D eigenvalue weighted by Crippen LogP contribution is 2.12. The Labute approximate surface area is 119 Å². The summed E-state index contributed by atoms with van der Waals surface area (Å²) in [4.78, 5) is 26.3. The molecule has 1 aliphatic heterocycles. The maximum atomic E-state index is 12.6. The van der Waals surface area contributed by atoms with Crippen LogP contribution in [0.5, 0.6) is 0 Å². The molecule has 0 aliphatic carbocycles. The second-order valence-electron chi connectivity index (χ2n) is 4.98. The summed E-state index contributed by atoms with van der Waals surface area (Å²) in [6, 6.07) is 7.05. The Balaban J connectivity index is 2.19. The first-order chi connectivity index (χ1) is 9.63. The monoisotopic (exact) mass is 275 g/mol. The summed E-state index contributed by atoms with van der Waals surface area (Å²) in [5.41, 5.74) is 1.68. The van der Waals surface area contributed by atoms with Gasteiger partial charge in [-0.2, -0.15) is 0 Å². The van der Waals surface area contributed by atoms with Crippen LogP contribution in [-0.4, -0.2) is 48.9 Å². The predicted octanol–water partition coefficient (Wildman–Crippen LogP) is 0.545. The van der Waals surface area contributed by atoms with E-state index in [4.69, 9.17) is 0 Å². The molecule has 0 aromatic heterocycles. The lowest BCUT2D eigenvalue weighted by molar-refractivity contribution is -0.126. The lowest BCUT2D eigenvalue weighted by Gasteiger charge is -2.35. The van der Waals surface area contributed by atoms with Crippen LogP contribution in [0.25, 0.3) is 0 Å². The van der Waals surface area contributed by atoms with Crippen LogP contribution in [0.1, 0.15) is 22.8 Å². The molecule has 0 radical (unpaired) electrons. The van der Waals surface area contributed by atoms with E-state index in [1.54, 1.807) is 11.0 Å². The number of nitrogens with one attached hydrogen (secondary N) is 2. The second-order valence-corrected chi connectivity index (χ2v) is 4.98. The summed E-state index contributed by atoms with van der Waals surface area (Å²) in [7, 11) is 0. The van der Waals surface area contributed by atoms with Gasteiger partial charge in [-0.1, -0.05) is 17.7 Å². The molecule has 108 valence electrons. The summed E-state index contributed by atoms with van der Waals surface area (Å²) in [6.07, 6.45) is 0. The smallest absolute Gasteiger partial charge is 0.254 e. The quantitative estimate of drug-likeness (QED) is 0.846. The number of carbonyl (C=O) groups is 2. The zero-order valence-electron chi connectivity index (χ0n) is 12.0. The van der Waals surface area contributed by atoms with Gasteiger partial charge in [0.1, 0.15) is 6.04 Å². The van der Waals surface area contributed by atoms with E-state index in [2.05, 4.69) is 10.6 Å². The molecular weight excluding hydrogens is 254 g/mol. The molecule has 1 atom stereocenters. The molecule has 20 heavy (non-hydrogen) atoms. The van der Waals surface area contributed by atoms with Crippen molar-refractivity contribution in [2.24, 2.45) is 0 Å². The Hall–Kier alpha value is -1.88. The molecule has 0 saturated carbocycles. The third-order valence-electron chi connectivity index (χ3n) is 3.42. The number of hydrogen-bond acceptors (Lipinski definition) is 3. The van der Waals surface area contributed by atoms with E-state index in [9.17, 15) is 9.59 Å². The van der Waals surface area contributed by atoms with E-state index in [-0.39, 0.29) is 11.8 Å². The van der Waals surface area contributed by atoms with Crippen molar-refractivity contribution in [3.8, 4) is 0 Å². The van der Waals surface area contributed by atoms with Gasteiger partial charge in [0.05, 0.1) is 0 Å². The lowest BCUT2D eigenvalue weighted by Crippen LogP contribution is -2.59. The van der Waals surface area contributed by atoms with E-state index in [1.165, 1.54) is 0 Å². The Bertz CT molecular complexity index is 502. The first-order valence-corrected chi connectivity index (χ1v) is 6.99. The van der Waals surface area contributed by atoms with Crippen molar-refractivity contribution in [1.29, 1.82) is 0 Å². The number of carbonyl (C=O) groups excluding carboxylic acids is 2.